The Balaban J connectivity index is 1.77. The number of rotatable bonds is 5. The van der Waals surface area contributed by atoms with Gasteiger partial charge in [0.05, 0.1) is 10.3 Å². The first kappa shape index (κ1) is 17.0. The Morgan fingerprint density at radius 1 is 1.30 bits per heavy atom. The summed E-state index contributed by atoms with van der Waals surface area (Å²) in [5, 5.41) is 14.9. The van der Waals surface area contributed by atoms with Gasteiger partial charge in [-0.3, -0.25) is 14.7 Å². The molecular weight excluding hydrogens is 371 g/mol. The van der Waals surface area contributed by atoms with Crippen molar-refractivity contribution in [3.63, 3.8) is 0 Å². The van der Waals surface area contributed by atoms with E-state index >= 15 is 0 Å². The summed E-state index contributed by atoms with van der Waals surface area (Å²) in [5.74, 6) is 1.23. The number of fused-ring (bicyclic) bond motifs is 1. The average molecular weight is 384 g/mol. The fraction of sp³-hybridized carbons (Fsp3) is 0.118. The molecule has 1 N–H and O–H groups in total. The normalized spacial score (nSPS) is 11.0. The topological polar surface area (TPSA) is 98.8 Å². The maximum absolute atomic E-state index is 13.1. The lowest BCUT2D eigenvalue weighted by atomic mass is 10.2. The lowest BCUT2D eigenvalue weighted by Gasteiger charge is -2.10. The summed E-state index contributed by atoms with van der Waals surface area (Å²) < 4.78 is 14.8. The second-order valence-corrected chi connectivity index (χ2v) is 6.77. The van der Waals surface area contributed by atoms with Crippen molar-refractivity contribution in [2.45, 2.75) is 13.5 Å². The number of hydrogen-bond acceptors (Lipinski definition) is 7. The van der Waals surface area contributed by atoms with Crippen LogP contribution in [0.25, 0.3) is 16.2 Å². The first-order chi connectivity index (χ1) is 13.0. The SMILES string of the molecule is Cc1nccn1-c1nc(NCc2ccc(F)cc2)c2cc([N+](=O)[O-])sc2n1. The zero-order chi connectivity index (χ0) is 19.0. The van der Waals surface area contributed by atoms with Crippen LogP contribution in [0.3, 0.4) is 0 Å². The van der Waals surface area contributed by atoms with Gasteiger partial charge in [-0.1, -0.05) is 12.1 Å². The third kappa shape index (κ3) is 3.34. The predicted octanol–water partition coefficient (Wildman–Crippen LogP) is 3.84. The summed E-state index contributed by atoms with van der Waals surface area (Å²) in [7, 11) is 0. The highest BCUT2D eigenvalue weighted by Crippen LogP contribution is 2.34. The maximum atomic E-state index is 13.1. The van der Waals surface area contributed by atoms with E-state index < -0.39 is 4.92 Å². The van der Waals surface area contributed by atoms with E-state index in [1.807, 2.05) is 6.92 Å². The van der Waals surface area contributed by atoms with Gasteiger partial charge in [-0.05, 0) is 36.0 Å². The second kappa shape index (κ2) is 6.72. The van der Waals surface area contributed by atoms with E-state index in [0.717, 1.165) is 16.9 Å². The third-order valence-corrected chi connectivity index (χ3v) is 4.94. The van der Waals surface area contributed by atoms with Crippen molar-refractivity contribution in [1.29, 1.82) is 0 Å². The highest BCUT2D eigenvalue weighted by atomic mass is 32.1. The van der Waals surface area contributed by atoms with Crippen LogP contribution < -0.4 is 5.32 Å². The Bertz CT molecular complexity index is 1140. The standard InChI is InChI=1S/C17H13FN6O2S/c1-10-19-6-7-23(10)17-21-15(20-9-11-2-4-12(18)5-3-11)13-8-14(24(25)26)27-16(13)22-17/h2-8H,9H2,1H3,(H,20,21,22). The molecule has 8 nitrogen and oxygen atoms in total. The monoisotopic (exact) mass is 384 g/mol. The van der Waals surface area contributed by atoms with E-state index in [2.05, 4.69) is 20.3 Å². The van der Waals surface area contributed by atoms with E-state index in [0.29, 0.717) is 34.4 Å². The molecule has 0 saturated carbocycles. The molecule has 1 aromatic carbocycles. The van der Waals surface area contributed by atoms with Crippen LogP contribution in [0.15, 0.2) is 42.7 Å². The molecule has 0 unspecified atom stereocenters. The zero-order valence-corrected chi connectivity index (χ0v) is 14.9. The smallest absolute Gasteiger partial charge is 0.326 e. The number of halogens is 1. The number of aromatic nitrogens is 4. The average Bonchev–Trinajstić information content (AvgIpc) is 3.27. The number of aryl methyl sites for hydroxylation is 1. The van der Waals surface area contributed by atoms with Gasteiger partial charge in [0.1, 0.15) is 22.3 Å². The Hall–Kier alpha value is -3.40. The Labute approximate surface area is 156 Å². The highest BCUT2D eigenvalue weighted by molar-refractivity contribution is 7.21. The molecule has 0 amide bonds. The second-order valence-electron chi connectivity index (χ2n) is 5.76. The number of benzene rings is 1. The molecule has 4 rings (SSSR count). The summed E-state index contributed by atoms with van der Waals surface area (Å²) >= 11 is 0.987. The number of anilines is 1. The number of imidazole rings is 1. The lowest BCUT2D eigenvalue weighted by Crippen LogP contribution is -2.07. The van der Waals surface area contributed by atoms with E-state index in [4.69, 9.17) is 0 Å². The Kier molecular flexibility index (Phi) is 4.24. The maximum Gasteiger partial charge on any atom is 0.326 e. The van der Waals surface area contributed by atoms with Crippen LogP contribution in [0.1, 0.15) is 11.4 Å². The van der Waals surface area contributed by atoms with Gasteiger partial charge in [0.15, 0.2) is 0 Å². The molecule has 0 aliphatic carbocycles. The van der Waals surface area contributed by atoms with Crippen molar-refractivity contribution in [3.05, 3.63) is 70.0 Å². The quantitative estimate of drug-likeness (QED) is 0.415. The lowest BCUT2D eigenvalue weighted by molar-refractivity contribution is -0.380. The molecule has 10 heteroatoms. The van der Waals surface area contributed by atoms with Crippen molar-refractivity contribution in [2.24, 2.45) is 0 Å². The molecule has 0 bridgehead atoms. The van der Waals surface area contributed by atoms with Crippen LogP contribution >= 0.6 is 11.3 Å². The van der Waals surface area contributed by atoms with Gasteiger partial charge >= 0.3 is 5.00 Å². The fourth-order valence-electron chi connectivity index (χ4n) is 2.61. The summed E-state index contributed by atoms with van der Waals surface area (Å²) in [6.07, 6.45) is 3.35. The van der Waals surface area contributed by atoms with Gasteiger partial charge < -0.3 is 5.32 Å². The van der Waals surface area contributed by atoms with Crippen LogP contribution in [0, 0.1) is 22.9 Å². The molecular formula is C17H13FN6O2S. The van der Waals surface area contributed by atoms with Gasteiger partial charge in [0.2, 0.25) is 5.95 Å². The molecule has 3 heterocycles. The molecule has 0 atom stereocenters. The van der Waals surface area contributed by atoms with Gasteiger partial charge in [-0.25, -0.2) is 14.4 Å². The van der Waals surface area contributed by atoms with Gasteiger partial charge in [0, 0.05) is 25.0 Å². The minimum absolute atomic E-state index is 0.0105. The first-order valence-corrected chi connectivity index (χ1v) is 8.77. The molecule has 0 aliphatic heterocycles. The van der Waals surface area contributed by atoms with Crippen LogP contribution in [0.5, 0.6) is 0 Å². The van der Waals surface area contributed by atoms with Gasteiger partial charge in [-0.15, -0.1) is 0 Å². The fourth-order valence-corrected chi connectivity index (χ4v) is 3.45. The van der Waals surface area contributed by atoms with E-state index in [9.17, 15) is 14.5 Å². The number of thiophene rings is 1. The molecule has 3 aromatic heterocycles. The zero-order valence-electron chi connectivity index (χ0n) is 14.1. The molecule has 0 fully saturated rings. The summed E-state index contributed by atoms with van der Waals surface area (Å²) in [4.78, 5) is 24.3. The van der Waals surface area contributed by atoms with E-state index in [1.54, 1.807) is 29.1 Å². The number of nitro groups is 1. The van der Waals surface area contributed by atoms with Crippen molar-refractivity contribution in [1.82, 2.24) is 19.5 Å². The van der Waals surface area contributed by atoms with Crippen LogP contribution in [-0.4, -0.2) is 24.4 Å². The number of hydrogen-bond donors (Lipinski definition) is 1. The van der Waals surface area contributed by atoms with Crippen molar-refractivity contribution in [2.75, 3.05) is 5.32 Å². The number of nitrogens with zero attached hydrogens (tertiary/aromatic N) is 5. The number of nitrogens with one attached hydrogen (secondary N) is 1. The summed E-state index contributed by atoms with van der Waals surface area (Å²) in [6.45, 7) is 2.20. The molecule has 136 valence electrons. The first-order valence-electron chi connectivity index (χ1n) is 7.96. The molecule has 0 radical (unpaired) electrons. The van der Waals surface area contributed by atoms with E-state index in [1.165, 1.54) is 18.2 Å². The summed E-state index contributed by atoms with van der Waals surface area (Å²) in [6, 6.07) is 7.54. The van der Waals surface area contributed by atoms with Crippen molar-refractivity contribution >= 4 is 32.4 Å². The largest absolute Gasteiger partial charge is 0.365 e. The van der Waals surface area contributed by atoms with Gasteiger partial charge in [0.25, 0.3) is 0 Å². The predicted molar refractivity (Wildman–Crippen MR) is 99.7 cm³/mol. The van der Waals surface area contributed by atoms with E-state index in [-0.39, 0.29) is 10.8 Å². The van der Waals surface area contributed by atoms with Crippen molar-refractivity contribution < 1.29 is 9.31 Å². The highest BCUT2D eigenvalue weighted by Gasteiger charge is 2.18. The van der Waals surface area contributed by atoms with Crippen LogP contribution in [-0.2, 0) is 6.54 Å². The van der Waals surface area contributed by atoms with Crippen LogP contribution in [0.4, 0.5) is 15.2 Å². The van der Waals surface area contributed by atoms with Crippen LogP contribution in [0.2, 0.25) is 0 Å². The Morgan fingerprint density at radius 3 is 2.74 bits per heavy atom. The van der Waals surface area contributed by atoms with Gasteiger partial charge in [-0.2, -0.15) is 4.98 Å². The molecule has 0 saturated heterocycles. The molecule has 0 aliphatic rings. The summed E-state index contributed by atoms with van der Waals surface area (Å²) in [5.41, 5.74) is 0.855. The third-order valence-electron chi connectivity index (χ3n) is 3.96. The molecule has 0 spiro atoms. The molecule has 4 aromatic rings. The minimum atomic E-state index is -0.446. The minimum Gasteiger partial charge on any atom is -0.365 e. The molecule has 27 heavy (non-hydrogen) atoms. The van der Waals surface area contributed by atoms with Crippen molar-refractivity contribution in [3.8, 4) is 5.95 Å². The Morgan fingerprint density at radius 2 is 2.07 bits per heavy atom.